The largest absolute Gasteiger partial charge is 0.288 e. The molecular weight excluding hydrogens is 412 g/mol. The molecule has 5 aromatic rings. The van der Waals surface area contributed by atoms with Gasteiger partial charge in [-0.05, 0) is 22.8 Å². The highest BCUT2D eigenvalue weighted by Gasteiger charge is 2.09. The summed E-state index contributed by atoms with van der Waals surface area (Å²) in [4.78, 5) is 21.6. The van der Waals surface area contributed by atoms with Gasteiger partial charge in [-0.1, -0.05) is 48.5 Å². The molecule has 2 aromatic carbocycles. The van der Waals surface area contributed by atoms with Gasteiger partial charge in [-0.3, -0.25) is 9.48 Å². The summed E-state index contributed by atoms with van der Waals surface area (Å²) in [7, 11) is 1.84. The lowest BCUT2D eigenvalue weighted by molar-refractivity contribution is 0.762. The number of hydrogen-bond acceptors (Lipinski definition) is 5. The van der Waals surface area contributed by atoms with E-state index in [2.05, 4.69) is 32.3 Å². The third kappa shape index (κ3) is 4.77. The monoisotopic (exact) mass is 434 g/mol. The molecule has 0 unspecified atom stereocenters. The molecule has 0 N–H and O–H groups in total. The molecule has 0 bridgehead atoms. The van der Waals surface area contributed by atoms with Gasteiger partial charge in [0.1, 0.15) is 11.4 Å². The maximum atomic E-state index is 12.4. The van der Waals surface area contributed by atoms with Gasteiger partial charge in [0.15, 0.2) is 5.82 Å². The molecule has 0 aliphatic heterocycles. The molecule has 5 rings (SSSR count). The van der Waals surface area contributed by atoms with Crippen LogP contribution in [-0.2, 0) is 19.9 Å². The van der Waals surface area contributed by atoms with Crippen molar-refractivity contribution in [3.63, 3.8) is 0 Å². The van der Waals surface area contributed by atoms with Gasteiger partial charge in [-0.15, -0.1) is 0 Å². The van der Waals surface area contributed by atoms with Crippen LogP contribution in [0.4, 0.5) is 0 Å². The van der Waals surface area contributed by atoms with Crippen molar-refractivity contribution in [1.29, 1.82) is 0 Å². The summed E-state index contributed by atoms with van der Waals surface area (Å²) in [6.45, 7) is 0. The minimum atomic E-state index is -0.0953. The Hall–Kier alpha value is -4.39. The van der Waals surface area contributed by atoms with E-state index in [0.29, 0.717) is 17.9 Å². The van der Waals surface area contributed by atoms with Gasteiger partial charge in [0.05, 0.1) is 12.4 Å². The Labute approximate surface area is 191 Å². The van der Waals surface area contributed by atoms with Gasteiger partial charge >= 0.3 is 0 Å². The van der Waals surface area contributed by atoms with Crippen molar-refractivity contribution in [1.82, 2.24) is 29.5 Å². The van der Waals surface area contributed by atoms with Gasteiger partial charge in [0.25, 0.3) is 0 Å². The Morgan fingerprint density at radius 1 is 0.818 bits per heavy atom. The second-order valence-electron chi connectivity index (χ2n) is 7.90. The fraction of sp³-hybridized carbons (Fsp3) is 0.115. The zero-order valence-electron chi connectivity index (χ0n) is 18.2. The molecule has 33 heavy (non-hydrogen) atoms. The topological polar surface area (TPSA) is 78.5 Å². The molecule has 3 heterocycles. The van der Waals surface area contributed by atoms with Crippen LogP contribution in [-0.4, -0.2) is 29.5 Å². The third-order valence-electron chi connectivity index (χ3n) is 5.35. The molecule has 7 heteroatoms. The lowest BCUT2D eigenvalue weighted by atomic mass is 10.1. The first-order valence-electron chi connectivity index (χ1n) is 10.7. The Morgan fingerprint density at radius 2 is 1.61 bits per heavy atom. The molecule has 0 atom stereocenters. The van der Waals surface area contributed by atoms with Gasteiger partial charge in [-0.2, -0.15) is 10.2 Å². The highest BCUT2D eigenvalue weighted by atomic mass is 16.1. The summed E-state index contributed by atoms with van der Waals surface area (Å²) in [5.74, 6) is 0.655. The number of nitrogens with zero attached hydrogens (tertiary/aromatic N) is 6. The quantitative estimate of drug-likeness (QED) is 0.408. The fourth-order valence-electron chi connectivity index (χ4n) is 3.68. The number of aryl methyl sites for hydroxylation is 1. The van der Waals surface area contributed by atoms with Crippen molar-refractivity contribution < 1.29 is 0 Å². The molecule has 0 amide bonds. The van der Waals surface area contributed by atoms with Crippen molar-refractivity contribution in [3.05, 3.63) is 124 Å². The lowest BCUT2D eigenvalue weighted by Crippen LogP contribution is -2.16. The van der Waals surface area contributed by atoms with Crippen LogP contribution in [0.1, 0.15) is 22.4 Å². The van der Waals surface area contributed by atoms with Gasteiger partial charge in [-0.25, -0.2) is 14.6 Å². The van der Waals surface area contributed by atoms with E-state index in [-0.39, 0.29) is 5.43 Å². The van der Waals surface area contributed by atoms with E-state index in [1.54, 1.807) is 21.8 Å². The van der Waals surface area contributed by atoms with Crippen molar-refractivity contribution in [2.75, 3.05) is 0 Å². The van der Waals surface area contributed by atoms with E-state index in [9.17, 15) is 4.79 Å². The van der Waals surface area contributed by atoms with Crippen molar-refractivity contribution >= 4 is 0 Å². The zero-order valence-corrected chi connectivity index (χ0v) is 18.2. The molecule has 0 fully saturated rings. The predicted octanol–water partition coefficient (Wildman–Crippen LogP) is 3.60. The Balaban J connectivity index is 1.36. The van der Waals surface area contributed by atoms with E-state index < -0.39 is 0 Å². The highest BCUT2D eigenvalue weighted by molar-refractivity contribution is 5.56. The minimum Gasteiger partial charge on any atom is -0.288 e. The Bertz CT molecular complexity index is 1440. The number of aromatic nitrogens is 6. The standard InChI is InChI=1S/C26H22N6O/c1-31-18-23(17-29-31)32-11-10-25(33)24(30-32)14-20-8-5-9-22(13-20)26-27-15-21(16-28-26)12-19-6-3-2-4-7-19/h2-11,13,15-18H,12,14H2,1H3. The molecule has 7 nitrogen and oxygen atoms in total. The van der Waals surface area contributed by atoms with Crippen LogP contribution in [0.3, 0.4) is 0 Å². The molecule has 3 aromatic heterocycles. The van der Waals surface area contributed by atoms with Gasteiger partial charge in [0, 0.05) is 50.1 Å². The van der Waals surface area contributed by atoms with E-state index >= 15 is 0 Å². The van der Waals surface area contributed by atoms with E-state index in [1.165, 1.54) is 11.6 Å². The van der Waals surface area contributed by atoms with Crippen LogP contribution in [0.25, 0.3) is 17.1 Å². The van der Waals surface area contributed by atoms with Crippen LogP contribution in [0.5, 0.6) is 0 Å². The molecule has 0 radical (unpaired) electrons. The summed E-state index contributed by atoms with van der Waals surface area (Å²) in [6, 6.07) is 19.7. The first-order valence-corrected chi connectivity index (χ1v) is 10.7. The summed E-state index contributed by atoms with van der Waals surface area (Å²) in [6.07, 6.45) is 10.2. The molecule has 0 saturated heterocycles. The summed E-state index contributed by atoms with van der Waals surface area (Å²) >= 11 is 0. The van der Waals surface area contributed by atoms with Crippen LogP contribution >= 0.6 is 0 Å². The fourth-order valence-corrected chi connectivity index (χ4v) is 3.68. The summed E-state index contributed by atoms with van der Waals surface area (Å²) in [5, 5.41) is 8.69. The molecule has 162 valence electrons. The second-order valence-corrected chi connectivity index (χ2v) is 7.90. The molecular formula is C26H22N6O. The average Bonchev–Trinajstić information content (AvgIpc) is 3.28. The third-order valence-corrected chi connectivity index (χ3v) is 5.35. The average molecular weight is 435 g/mol. The molecule has 0 spiro atoms. The van der Waals surface area contributed by atoms with Gasteiger partial charge < -0.3 is 0 Å². The highest BCUT2D eigenvalue weighted by Crippen LogP contribution is 2.18. The first-order chi connectivity index (χ1) is 16.1. The zero-order chi connectivity index (χ0) is 22.6. The van der Waals surface area contributed by atoms with Crippen LogP contribution in [0.2, 0.25) is 0 Å². The van der Waals surface area contributed by atoms with Crippen molar-refractivity contribution in [2.45, 2.75) is 12.8 Å². The van der Waals surface area contributed by atoms with E-state index in [1.807, 2.05) is 68.1 Å². The lowest BCUT2D eigenvalue weighted by Gasteiger charge is -2.07. The van der Waals surface area contributed by atoms with Crippen LogP contribution < -0.4 is 5.43 Å². The van der Waals surface area contributed by atoms with Crippen molar-refractivity contribution in [3.8, 4) is 17.1 Å². The maximum Gasteiger partial charge on any atom is 0.203 e. The van der Waals surface area contributed by atoms with Crippen molar-refractivity contribution in [2.24, 2.45) is 7.05 Å². The molecule has 0 aliphatic rings. The smallest absolute Gasteiger partial charge is 0.203 e. The van der Waals surface area contributed by atoms with Crippen LogP contribution in [0, 0.1) is 0 Å². The molecule has 0 saturated carbocycles. The van der Waals surface area contributed by atoms with Gasteiger partial charge in [0.2, 0.25) is 5.43 Å². The SMILES string of the molecule is Cn1cc(-n2ccc(=O)c(Cc3cccc(-c4ncc(Cc5ccccc5)cn4)c3)n2)cn1. The predicted molar refractivity (Wildman–Crippen MR) is 126 cm³/mol. The number of hydrogen-bond donors (Lipinski definition) is 0. The molecule has 0 aliphatic carbocycles. The second kappa shape index (κ2) is 9.00. The Morgan fingerprint density at radius 3 is 2.36 bits per heavy atom. The first kappa shape index (κ1) is 20.5. The normalized spacial score (nSPS) is 10.9. The Kier molecular flexibility index (Phi) is 5.59. The summed E-state index contributed by atoms with van der Waals surface area (Å²) in [5.41, 5.74) is 5.34. The maximum absolute atomic E-state index is 12.4. The minimum absolute atomic E-state index is 0.0953. The number of benzene rings is 2. The van der Waals surface area contributed by atoms with E-state index in [4.69, 9.17) is 0 Å². The number of rotatable bonds is 6. The summed E-state index contributed by atoms with van der Waals surface area (Å²) < 4.78 is 3.37. The van der Waals surface area contributed by atoms with E-state index in [0.717, 1.165) is 28.8 Å². The van der Waals surface area contributed by atoms with Crippen LogP contribution in [0.15, 0.2) is 96.4 Å².